The molecule has 172 valence electrons. The first kappa shape index (κ1) is 22.5. The van der Waals surface area contributed by atoms with Gasteiger partial charge in [0.05, 0.1) is 24.5 Å². The number of carbonyl (C=O) groups is 1. The van der Waals surface area contributed by atoms with Gasteiger partial charge in [-0.05, 0) is 38.0 Å². The molecule has 33 heavy (non-hydrogen) atoms. The molecule has 0 saturated carbocycles. The maximum Gasteiger partial charge on any atom is 0.302 e. The van der Waals surface area contributed by atoms with Gasteiger partial charge in [0, 0.05) is 31.5 Å². The number of carbonyl (C=O) groups excluding carboxylic acids is 1. The number of hydrogen-bond donors (Lipinski definition) is 1. The van der Waals surface area contributed by atoms with Crippen LogP contribution in [0, 0.1) is 13.8 Å². The summed E-state index contributed by atoms with van der Waals surface area (Å²) in [5.74, 6) is 0.716. The highest BCUT2D eigenvalue weighted by Crippen LogP contribution is 2.36. The Morgan fingerprint density at radius 3 is 2.58 bits per heavy atom. The molecule has 2 atom stereocenters. The third kappa shape index (κ3) is 4.20. The van der Waals surface area contributed by atoms with E-state index in [-0.39, 0.29) is 17.6 Å². The van der Waals surface area contributed by atoms with Gasteiger partial charge in [-0.3, -0.25) is 14.2 Å². The zero-order chi connectivity index (χ0) is 23.7. The van der Waals surface area contributed by atoms with E-state index in [9.17, 15) is 9.59 Å². The third-order valence-electron chi connectivity index (χ3n) is 5.98. The number of nitrogens with one attached hydrogen (secondary N) is 1. The Bertz CT molecular complexity index is 1270. The molecule has 3 aromatic rings. The SMILES string of the molecule is CCn1c(-c2ccc(OC)nc2C)nc(C)c(N[C@@H]2c3ccccc3C[C@@H]2OC(C)=O)c1=O. The molecule has 0 aliphatic heterocycles. The van der Waals surface area contributed by atoms with Crippen molar-refractivity contribution in [1.29, 1.82) is 0 Å². The summed E-state index contributed by atoms with van der Waals surface area (Å²) in [6.45, 7) is 7.42. The van der Waals surface area contributed by atoms with Crippen LogP contribution in [0.5, 0.6) is 5.88 Å². The number of fused-ring (bicyclic) bond motifs is 1. The quantitative estimate of drug-likeness (QED) is 0.576. The van der Waals surface area contributed by atoms with Gasteiger partial charge >= 0.3 is 5.97 Å². The van der Waals surface area contributed by atoms with Crippen molar-refractivity contribution in [2.75, 3.05) is 12.4 Å². The average molecular weight is 449 g/mol. The number of benzene rings is 1. The van der Waals surface area contributed by atoms with Crippen molar-refractivity contribution in [2.45, 2.75) is 52.8 Å². The number of aryl methyl sites for hydroxylation is 2. The molecule has 1 aliphatic carbocycles. The van der Waals surface area contributed by atoms with Gasteiger partial charge in [0.25, 0.3) is 5.56 Å². The molecule has 0 fully saturated rings. The molecule has 2 aromatic heterocycles. The first-order valence-corrected chi connectivity index (χ1v) is 11.0. The highest BCUT2D eigenvalue weighted by atomic mass is 16.5. The van der Waals surface area contributed by atoms with Gasteiger partial charge < -0.3 is 14.8 Å². The maximum atomic E-state index is 13.6. The second-order valence-electron chi connectivity index (χ2n) is 8.10. The first-order valence-electron chi connectivity index (χ1n) is 11.0. The molecular formula is C25H28N4O4. The van der Waals surface area contributed by atoms with E-state index in [0.717, 1.165) is 22.4 Å². The Morgan fingerprint density at radius 2 is 1.91 bits per heavy atom. The molecule has 8 nitrogen and oxygen atoms in total. The van der Waals surface area contributed by atoms with Crippen molar-refractivity contribution in [3.8, 4) is 17.3 Å². The Morgan fingerprint density at radius 1 is 1.15 bits per heavy atom. The fourth-order valence-corrected chi connectivity index (χ4v) is 4.42. The molecule has 1 N–H and O–H groups in total. The van der Waals surface area contributed by atoms with E-state index in [2.05, 4.69) is 10.3 Å². The lowest BCUT2D eigenvalue weighted by molar-refractivity contribution is -0.146. The van der Waals surface area contributed by atoms with Crippen molar-refractivity contribution >= 4 is 11.7 Å². The highest BCUT2D eigenvalue weighted by Gasteiger charge is 2.35. The van der Waals surface area contributed by atoms with Crippen LogP contribution in [0.4, 0.5) is 5.69 Å². The van der Waals surface area contributed by atoms with Crippen LogP contribution in [0.15, 0.2) is 41.2 Å². The van der Waals surface area contributed by atoms with Gasteiger partial charge in [0.2, 0.25) is 5.88 Å². The summed E-state index contributed by atoms with van der Waals surface area (Å²) in [7, 11) is 1.57. The number of aromatic nitrogens is 3. The fourth-order valence-electron chi connectivity index (χ4n) is 4.42. The van der Waals surface area contributed by atoms with E-state index in [4.69, 9.17) is 14.5 Å². The molecule has 0 saturated heterocycles. The number of ether oxygens (including phenoxy) is 2. The summed E-state index contributed by atoms with van der Waals surface area (Å²) >= 11 is 0. The Kier molecular flexibility index (Phi) is 6.18. The third-order valence-corrected chi connectivity index (χ3v) is 5.98. The van der Waals surface area contributed by atoms with Crippen LogP contribution in [0.2, 0.25) is 0 Å². The van der Waals surface area contributed by atoms with Gasteiger partial charge in [-0.2, -0.15) is 0 Å². The van der Waals surface area contributed by atoms with E-state index < -0.39 is 6.10 Å². The fraction of sp³-hybridized carbons (Fsp3) is 0.360. The molecule has 1 aromatic carbocycles. The van der Waals surface area contributed by atoms with Gasteiger partial charge in [-0.1, -0.05) is 24.3 Å². The van der Waals surface area contributed by atoms with Gasteiger partial charge in [0.15, 0.2) is 0 Å². The zero-order valence-electron chi connectivity index (χ0n) is 19.5. The van der Waals surface area contributed by atoms with E-state index in [1.54, 1.807) is 24.7 Å². The predicted octanol–water partition coefficient (Wildman–Crippen LogP) is 3.59. The van der Waals surface area contributed by atoms with Crippen molar-refractivity contribution < 1.29 is 14.3 Å². The molecule has 0 amide bonds. The zero-order valence-corrected chi connectivity index (χ0v) is 19.5. The monoisotopic (exact) mass is 448 g/mol. The number of pyridine rings is 1. The smallest absolute Gasteiger partial charge is 0.302 e. The minimum Gasteiger partial charge on any atom is -0.481 e. The minimum absolute atomic E-state index is 0.179. The van der Waals surface area contributed by atoms with E-state index in [1.807, 2.05) is 44.2 Å². The normalized spacial score (nSPS) is 16.9. The minimum atomic E-state index is -0.401. The Hall–Kier alpha value is -3.68. The summed E-state index contributed by atoms with van der Waals surface area (Å²) in [4.78, 5) is 34.5. The number of rotatable bonds is 6. The summed E-state index contributed by atoms with van der Waals surface area (Å²) in [6.07, 6.45) is 0.193. The van der Waals surface area contributed by atoms with Crippen LogP contribution < -0.4 is 15.6 Å². The Balaban J connectivity index is 1.78. The lowest BCUT2D eigenvalue weighted by Crippen LogP contribution is -2.32. The lowest BCUT2D eigenvalue weighted by Gasteiger charge is -2.24. The molecule has 0 bridgehead atoms. The van der Waals surface area contributed by atoms with Crippen molar-refractivity contribution in [2.24, 2.45) is 0 Å². The molecule has 0 unspecified atom stereocenters. The van der Waals surface area contributed by atoms with Crippen LogP contribution in [0.3, 0.4) is 0 Å². The number of methoxy groups -OCH3 is 1. The van der Waals surface area contributed by atoms with Crippen LogP contribution in [-0.4, -0.2) is 33.7 Å². The largest absolute Gasteiger partial charge is 0.481 e. The lowest BCUT2D eigenvalue weighted by atomic mass is 10.1. The van der Waals surface area contributed by atoms with Crippen LogP contribution in [-0.2, 0) is 22.5 Å². The first-order chi connectivity index (χ1) is 15.8. The second kappa shape index (κ2) is 9.05. The topological polar surface area (TPSA) is 95.3 Å². The summed E-state index contributed by atoms with van der Waals surface area (Å²) < 4.78 is 12.4. The van der Waals surface area contributed by atoms with Crippen molar-refractivity contribution in [3.05, 3.63) is 69.3 Å². The standard InChI is InChI=1S/C25H28N4O4/c1-6-29-24(18-11-12-21(32-5)26-14(18)2)27-15(3)22(25(29)31)28-23-19-10-8-7-9-17(19)13-20(23)33-16(4)30/h7-12,20,23,28H,6,13H2,1-5H3/t20-,23+/m0/s1. The summed E-state index contributed by atoms with van der Waals surface area (Å²) in [5.41, 5.74) is 4.40. The number of anilines is 1. The highest BCUT2D eigenvalue weighted by molar-refractivity contribution is 5.67. The van der Waals surface area contributed by atoms with Crippen LogP contribution in [0.25, 0.3) is 11.4 Å². The van der Waals surface area contributed by atoms with E-state index in [1.165, 1.54) is 6.92 Å². The van der Waals surface area contributed by atoms with Crippen molar-refractivity contribution in [1.82, 2.24) is 14.5 Å². The molecule has 0 spiro atoms. The molecule has 0 radical (unpaired) electrons. The van der Waals surface area contributed by atoms with E-state index in [0.29, 0.717) is 36.1 Å². The maximum absolute atomic E-state index is 13.6. The molecule has 1 aliphatic rings. The van der Waals surface area contributed by atoms with Crippen LogP contribution in [0.1, 0.15) is 42.4 Å². The van der Waals surface area contributed by atoms with Gasteiger partial charge in [-0.25, -0.2) is 9.97 Å². The number of esters is 1. The molecule has 4 rings (SSSR count). The second-order valence-corrected chi connectivity index (χ2v) is 8.10. The van der Waals surface area contributed by atoms with Gasteiger partial charge in [0.1, 0.15) is 17.6 Å². The van der Waals surface area contributed by atoms with Crippen molar-refractivity contribution in [3.63, 3.8) is 0 Å². The average Bonchev–Trinajstić information content (AvgIpc) is 3.12. The molecule has 2 heterocycles. The molecule has 8 heteroatoms. The predicted molar refractivity (Wildman–Crippen MR) is 125 cm³/mol. The van der Waals surface area contributed by atoms with Gasteiger partial charge in [-0.15, -0.1) is 0 Å². The van der Waals surface area contributed by atoms with Crippen LogP contribution >= 0.6 is 0 Å². The number of hydrogen-bond acceptors (Lipinski definition) is 7. The Labute approximate surface area is 192 Å². The number of nitrogens with zero attached hydrogens (tertiary/aromatic N) is 3. The molecular weight excluding hydrogens is 420 g/mol. The van der Waals surface area contributed by atoms with E-state index >= 15 is 0 Å². The summed E-state index contributed by atoms with van der Waals surface area (Å²) in [6, 6.07) is 11.2. The summed E-state index contributed by atoms with van der Waals surface area (Å²) in [5, 5.41) is 3.37.